The van der Waals surface area contributed by atoms with E-state index in [1.807, 2.05) is 32.1 Å². The molecule has 0 aliphatic carbocycles. The van der Waals surface area contributed by atoms with Crippen molar-refractivity contribution in [3.05, 3.63) is 103 Å². The van der Waals surface area contributed by atoms with Gasteiger partial charge in [0.15, 0.2) is 0 Å². The van der Waals surface area contributed by atoms with Crippen LogP contribution >= 0.6 is 0 Å². The number of amidine groups is 1. The van der Waals surface area contributed by atoms with Crippen LogP contribution in [-0.2, 0) is 0 Å². The molecule has 1 atom stereocenters. The van der Waals surface area contributed by atoms with Gasteiger partial charge in [-0.1, -0.05) is 85.1 Å². The molecular formula is C34H49N5. The van der Waals surface area contributed by atoms with Gasteiger partial charge in [-0.05, 0) is 67.8 Å². The fourth-order valence-corrected chi connectivity index (χ4v) is 4.90. The zero-order valence-corrected chi connectivity index (χ0v) is 25.0. The first-order valence-electron chi connectivity index (χ1n) is 13.9. The molecule has 1 aromatic heterocycles. The lowest BCUT2D eigenvalue weighted by atomic mass is 9.88. The lowest BCUT2D eigenvalue weighted by molar-refractivity contribution is 0.500. The Labute approximate surface area is 237 Å². The van der Waals surface area contributed by atoms with E-state index < -0.39 is 0 Å². The lowest BCUT2D eigenvalue weighted by Crippen LogP contribution is -2.19. The van der Waals surface area contributed by atoms with Crippen LogP contribution in [0.4, 0.5) is 0 Å². The van der Waals surface area contributed by atoms with Gasteiger partial charge in [0.25, 0.3) is 0 Å². The summed E-state index contributed by atoms with van der Waals surface area (Å²) in [4.78, 5) is 2.08. The molecule has 0 amide bonds. The van der Waals surface area contributed by atoms with Crippen LogP contribution in [-0.4, -0.2) is 22.4 Å². The van der Waals surface area contributed by atoms with Crippen LogP contribution in [0.15, 0.2) is 80.8 Å². The van der Waals surface area contributed by atoms with Crippen LogP contribution in [0.1, 0.15) is 88.7 Å². The van der Waals surface area contributed by atoms with Gasteiger partial charge in [0.05, 0.1) is 5.69 Å². The predicted molar refractivity (Wildman–Crippen MR) is 174 cm³/mol. The third kappa shape index (κ3) is 7.18. The van der Waals surface area contributed by atoms with Gasteiger partial charge in [-0.3, -0.25) is 5.41 Å². The highest BCUT2D eigenvalue weighted by molar-refractivity contribution is 6.05. The molecule has 0 fully saturated rings. The van der Waals surface area contributed by atoms with Crippen molar-refractivity contribution in [2.24, 2.45) is 11.5 Å². The van der Waals surface area contributed by atoms with Crippen LogP contribution in [0, 0.1) is 5.41 Å². The molecule has 0 bridgehead atoms. The van der Waals surface area contributed by atoms with Gasteiger partial charge in [-0.25, -0.2) is 0 Å². The molecule has 0 saturated heterocycles. The number of nitrogens with two attached hydrogens (primary N) is 2. The Morgan fingerprint density at radius 3 is 2.23 bits per heavy atom. The van der Waals surface area contributed by atoms with E-state index in [-0.39, 0.29) is 11.9 Å². The average molecular weight is 528 g/mol. The number of nitrogens with zero attached hydrogens (tertiary/aromatic N) is 2. The minimum Gasteiger partial charge on any atom is -0.384 e. The summed E-state index contributed by atoms with van der Waals surface area (Å²) in [6.07, 6.45) is 15.7. The average Bonchev–Trinajstić information content (AvgIpc) is 3.36. The number of nitrogen functional groups attached to an aromatic ring is 1. The van der Waals surface area contributed by atoms with Crippen molar-refractivity contribution in [3.63, 3.8) is 0 Å². The third-order valence-corrected chi connectivity index (χ3v) is 6.57. The van der Waals surface area contributed by atoms with Crippen LogP contribution in [0.5, 0.6) is 0 Å². The van der Waals surface area contributed by atoms with Crippen molar-refractivity contribution in [1.29, 1.82) is 5.41 Å². The summed E-state index contributed by atoms with van der Waals surface area (Å²) in [7, 11) is 1.50. The number of hydrogen-bond donors (Lipinski definition) is 3. The normalized spacial score (nSPS) is 13.1. The molecule has 39 heavy (non-hydrogen) atoms. The van der Waals surface area contributed by atoms with Gasteiger partial charge < -0.3 is 20.9 Å². The molecule has 1 aliphatic rings. The zero-order chi connectivity index (χ0) is 29.7. The van der Waals surface area contributed by atoms with Crippen molar-refractivity contribution >= 4 is 23.2 Å². The Kier molecular flexibility index (Phi) is 13.8. The highest BCUT2D eigenvalue weighted by Crippen LogP contribution is 2.41. The van der Waals surface area contributed by atoms with E-state index in [0.717, 1.165) is 65.0 Å². The maximum atomic E-state index is 8.35. The minimum atomic E-state index is 0.0463. The summed E-state index contributed by atoms with van der Waals surface area (Å²) in [5, 5.41) is 8.35. The monoisotopic (exact) mass is 527 g/mol. The Hall–Kier alpha value is -3.83. The Morgan fingerprint density at radius 1 is 1.05 bits per heavy atom. The highest BCUT2D eigenvalue weighted by Gasteiger charge is 2.25. The van der Waals surface area contributed by atoms with Crippen molar-refractivity contribution in [2.75, 3.05) is 7.05 Å². The molecule has 0 spiro atoms. The first-order chi connectivity index (χ1) is 18.8. The molecule has 2 aromatic rings. The maximum Gasteiger partial charge on any atom is 0.125 e. The topological polar surface area (TPSA) is 84.1 Å². The fourth-order valence-electron chi connectivity index (χ4n) is 4.90. The molecular weight excluding hydrogens is 478 g/mol. The molecule has 1 unspecified atom stereocenters. The second kappa shape index (κ2) is 16.2. The number of allylic oxidation sites excluding steroid dienone is 4. The zero-order valence-electron chi connectivity index (χ0n) is 25.0. The van der Waals surface area contributed by atoms with E-state index in [4.69, 9.17) is 11.1 Å². The molecule has 5 heteroatoms. The number of aromatic nitrogens is 1. The summed E-state index contributed by atoms with van der Waals surface area (Å²) in [6.45, 7) is 26.9. The van der Waals surface area contributed by atoms with E-state index in [2.05, 4.69) is 92.9 Å². The van der Waals surface area contributed by atoms with Gasteiger partial charge in [-0.15, -0.1) is 0 Å². The molecule has 5 N–H and O–H groups in total. The first kappa shape index (κ1) is 33.2. The quantitative estimate of drug-likeness (QED) is 0.155. The summed E-state index contributed by atoms with van der Waals surface area (Å²) in [5.74, 6) is 0.0463. The maximum absolute atomic E-state index is 8.35. The fraction of sp³-hybridized carbons (Fsp3) is 0.324. The molecule has 1 aromatic carbocycles. The summed E-state index contributed by atoms with van der Waals surface area (Å²) < 4.78 is 2.20. The second-order valence-corrected chi connectivity index (χ2v) is 8.98. The molecule has 1 aliphatic heterocycles. The van der Waals surface area contributed by atoms with E-state index in [9.17, 15) is 0 Å². The number of benzene rings is 1. The Balaban J connectivity index is 0.00000181. The van der Waals surface area contributed by atoms with E-state index >= 15 is 0 Å². The van der Waals surface area contributed by atoms with Gasteiger partial charge in [0, 0.05) is 46.5 Å². The second-order valence-electron chi connectivity index (χ2n) is 8.98. The summed E-state index contributed by atoms with van der Waals surface area (Å²) in [6, 6.07) is 6.75. The third-order valence-electron chi connectivity index (χ3n) is 6.57. The number of fused-ring (bicyclic) bond motifs is 1. The molecule has 210 valence electrons. The smallest absolute Gasteiger partial charge is 0.125 e. The SMILES string of the molecule is C=C/C=C(\C=C)N1C=C(CCC)c2ccc(-c3cn(C(C)CCC)c(C=C)c3C(=N)N)cc2C1=C.CC.CN. The van der Waals surface area contributed by atoms with Crippen LogP contribution in [0.2, 0.25) is 0 Å². The molecule has 2 heterocycles. The van der Waals surface area contributed by atoms with Crippen molar-refractivity contribution in [1.82, 2.24) is 9.47 Å². The Bertz CT molecular complexity index is 1240. The van der Waals surface area contributed by atoms with Gasteiger partial charge in [-0.2, -0.15) is 0 Å². The van der Waals surface area contributed by atoms with Gasteiger partial charge in [0.1, 0.15) is 5.84 Å². The van der Waals surface area contributed by atoms with E-state index in [1.54, 1.807) is 6.08 Å². The Morgan fingerprint density at radius 2 is 1.72 bits per heavy atom. The van der Waals surface area contributed by atoms with Crippen molar-refractivity contribution < 1.29 is 0 Å². The highest BCUT2D eigenvalue weighted by atomic mass is 15.1. The van der Waals surface area contributed by atoms with Gasteiger partial charge in [0.2, 0.25) is 0 Å². The molecule has 5 nitrogen and oxygen atoms in total. The van der Waals surface area contributed by atoms with E-state index in [0.29, 0.717) is 0 Å². The molecule has 3 rings (SSSR count). The number of nitrogens with one attached hydrogen (secondary N) is 1. The summed E-state index contributed by atoms with van der Waals surface area (Å²) in [5.41, 5.74) is 19.5. The first-order valence-corrected chi connectivity index (χ1v) is 13.9. The van der Waals surface area contributed by atoms with Crippen molar-refractivity contribution in [3.8, 4) is 11.1 Å². The predicted octanol–water partition coefficient (Wildman–Crippen LogP) is 8.73. The number of hydrogen-bond acceptors (Lipinski definition) is 3. The van der Waals surface area contributed by atoms with Crippen molar-refractivity contribution in [2.45, 2.75) is 66.3 Å². The minimum absolute atomic E-state index is 0.0463. The van der Waals surface area contributed by atoms with Crippen LogP contribution in [0.3, 0.4) is 0 Å². The standard InChI is InChI=1S/C31H38N4.C2H6.CH5N/c1-8-13-21(6)34-20-28(30(31(32)33)29(34)12-5)23-16-17-26-24(14-9-2)19-35(22(7)27(26)18-23)25(11-4)15-10-3;2*1-2/h10-12,15-21H,3-5,7-9,13-14H2,1-2,6H3,(H3,32,33);1-2H3;2H2,1H3/b25-15+;;. The van der Waals surface area contributed by atoms with Crippen LogP contribution < -0.4 is 11.5 Å². The number of rotatable bonds is 11. The molecule has 0 saturated carbocycles. The lowest BCUT2D eigenvalue weighted by Gasteiger charge is -2.32. The largest absolute Gasteiger partial charge is 0.384 e. The van der Waals surface area contributed by atoms with Crippen LogP contribution in [0.25, 0.3) is 28.5 Å². The van der Waals surface area contributed by atoms with E-state index in [1.165, 1.54) is 18.2 Å². The molecule has 0 radical (unpaired) electrons. The van der Waals surface area contributed by atoms with Gasteiger partial charge >= 0.3 is 0 Å². The summed E-state index contributed by atoms with van der Waals surface area (Å²) >= 11 is 0.